The number of halogens is 1. The number of carbonyl (C=O) groups excluding carboxylic acids is 1. The van der Waals surface area contributed by atoms with Crippen molar-refractivity contribution in [1.82, 2.24) is 0 Å². The van der Waals surface area contributed by atoms with Gasteiger partial charge in [-0.05, 0) is 6.92 Å². The molecule has 2 nitrogen and oxygen atoms in total. The van der Waals surface area contributed by atoms with Crippen LogP contribution in [0.15, 0.2) is 0 Å². The lowest BCUT2D eigenvalue weighted by Crippen LogP contribution is -1.95. The summed E-state index contributed by atoms with van der Waals surface area (Å²) in [6, 6.07) is 0. The van der Waals surface area contributed by atoms with Crippen LogP contribution in [0.4, 0.5) is 0 Å². The quantitative estimate of drug-likeness (QED) is 0.509. The summed E-state index contributed by atoms with van der Waals surface area (Å²) < 4.78 is 4.40. The van der Waals surface area contributed by atoms with Crippen molar-refractivity contribution in [2.75, 3.05) is 11.9 Å². The molecule has 0 bridgehead atoms. The van der Waals surface area contributed by atoms with E-state index < -0.39 is 0 Å². The summed E-state index contributed by atoms with van der Waals surface area (Å²) in [5, 5.41) is 1.06. The van der Waals surface area contributed by atoms with E-state index >= 15 is 0 Å². The summed E-state index contributed by atoms with van der Waals surface area (Å²) in [5.74, 6) is -0.211. The monoisotopic (exact) mass is 228 g/mol. The van der Waals surface area contributed by atoms with E-state index in [0.29, 0.717) is 6.61 Å². The van der Waals surface area contributed by atoms with Crippen LogP contribution in [-0.2, 0) is 9.53 Å². The molecule has 0 aliphatic rings. The van der Waals surface area contributed by atoms with Gasteiger partial charge < -0.3 is 4.74 Å². The first-order valence-corrected chi connectivity index (χ1v) is 4.00. The summed E-state index contributed by atoms with van der Waals surface area (Å²) in [6.07, 6.45) is 0. The third-order valence-corrected chi connectivity index (χ3v) is 0.348. The highest BCUT2D eigenvalue weighted by Gasteiger charge is 1.81. The average Bonchev–Trinajstić information content (AvgIpc) is 1.67. The molecule has 0 rings (SSSR count). The molecule has 0 N–H and O–H groups in total. The maximum absolute atomic E-state index is 9.82. The summed E-state index contributed by atoms with van der Waals surface area (Å²) in [4.78, 5) is 9.82. The lowest BCUT2D eigenvalue weighted by atomic mass is 10.8. The molecule has 72 valence electrons. The average molecular weight is 229 g/mol. The number of ether oxygens (including phenoxy) is 1. The number of carbonyl (C=O) groups is 1. The maximum Gasteiger partial charge on any atom is 0.302 e. The van der Waals surface area contributed by atoms with Crippen LogP contribution in [0.2, 0.25) is 0 Å². The second kappa shape index (κ2) is 22.5. The van der Waals surface area contributed by atoms with Gasteiger partial charge in [0.25, 0.3) is 0 Å². The predicted octanol–water partition coefficient (Wildman–Crippen LogP) is 3.24. The van der Waals surface area contributed by atoms with Gasteiger partial charge in [0.05, 0.1) is 6.61 Å². The summed E-state index contributed by atoms with van der Waals surface area (Å²) in [7, 11) is 0. The first-order chi connectivity index (χ1) is 4.18. The molecule has 0 heterocycles. The Balaban J connectivity index is -0.0000000437. The van der Waals surface area contributed by atoms with Gasteiger partial charge in [0.2, 0.25) is 0 Å². The van der Waals surface area contributed by atoms with Crippen LogP contribution in [0.1, 0.15) is 35.6 Å². The highest BCUT2D eigenvalue weighted by molar-refractivity contribution is 9.09. The van der Waals surface area contributed by atoms with Gasteiger partial charge in [0.15, 0.2) is 0 Å². The van der Waals surface area contributed by atoms with E-state index in [1.165, 1.54) is 6.92 Å². The molecule has 0 saturated heterocycles. The van der Waals surface area contributed by atoms with Crippen LogP contribution < -0.4 is 0 Å². The van der Waals surface area contributed by atoms with Crippen molar-refractivity contribution in [3.05, 3.63) is 0 Å². The Morgan fingerprint density at radius 3 is 1.64 bits per heavy atom. The van der Waals surface area contributed by atoms with E-state index in [9.17, 15) is 4.79 Å². The van der Waals surface area contributed by atoms with Gasteiger partial charge in [0.1, 0.15) is 0 Å². The molecular formula is C8H21BrO2. The van der Waals surface area contributed by atoms with Gasteiger partial charge in [0, 0.05) is 12.3 Å². The topological polar surface area (TPSA) is 26.3 Å². The van der Waals surface area contributed by atoms with Gasteiger partial charge in [-0.1, -0.05) is 37.7 Å². The van der Waals surface area contributed by atoms with Crippen LogP contribution >= 0.6 is 15.9 Å². The zero-order chi connectivity index (χ0) is 7.70. The molecule has 0 aliphatic heterocycles. The van der Waals surface area contributed by atoms with Crippen molar-refractivity contribution in [2.45, 2.75) is 35.6 Å². The maximum atomic E-state index is 9.82. The van der Waals surface area contributed by atoms with Gasteiger partial charge >= 0.3 is 5.97 Å². The second-order valence-corrected chi connectivity index (χ2v) is 2.31. The van der Waals surface area contributed by atoms with Crippen LogP contribution in [0.25, 0.3) is 0 Å². The highest BCUT2D eigenvalue weighted by Crippen LogP contribution is 1.69. The van der Waals surface area contributed by atoms with E-state index in [4.69, 9.17) is 0 Å². The van der Waals surface area contributed by atoms with Gasteiger partial charge in [-0.15, -0.1) is 0 Å². The van der Waals surface area contributed by atoms with Crippen LogP contribution in [0.5, 0.6) is 0 Å². The molecule has 0 amide bonds. The minimum Gasteiger partial charge on any atom is -0.466 e. The number of esters is 1. The summed E-state index contributed by atoms with van der Waals surface area (Å²) in [6.45, 7) is 5.69. The van der Waals surface area contributed by atoms with Crippen molar-refractivity contribution in [2.24, 2.45) is 0 Å². The van der Waals surface area contributed by atoms with Gasteiger partial charge in [-0.3, -0.25) is 4.79 Å². The Morgan fingerprint density at radius 1 is 1.36 bits per heavy atom. The number of alkyl halides is 1. The fraction of sp³-hybridized carbons (Fsp3) is 0.875. The smallest absolute Gasteiger partial charge is 0.302 e. The van der Waals surface area contributed by atoms with E-state index in [0.717, 1.165) is 5.33 Å². The zero-order valence-corrected chi connectivity index (χ0v) is 7.69. The lowest BCUT2D eigenvalue weighted by molar-refractivity contribution is -0.140. The van der Waals surface area contributed by atoms with Crippen LogP contribution in [0.3, 0.4) is 0 Å². The van der Waals surface area contributed by atoms with Gasteiger partial charge in [-0.2, -0.15) is 0 Å². The first kappa shape index (κ1) is 22.4. The molecular weight excluding hydrogens is 208 g/mol. The second-order valence-electron chi connectivity index (χ2n) is 1.19. The van der Waals surface area contributed by atoms with Crippen molar-refractivity contribution in [1.29, 1.82) is 0 Å². The molecule has 11 heavy (non-hydrogen) atoms. The van der Waals surface area contributed by atoms with Crippen molar-refractivity contribution < 1.29 is 9.53 Å². The molecule has 0 aromatic heterocycles. The Morgan fingerprint density at radius 2 is 1.64 bits per heavy atom. The lowest BCUT2D eigenvalue weighted by Gasteiger charge is -1.89. The highest BCUT2D eigenvalue weighted by atomic mass is 79.9. The summed E-state index contributed by atoms with van der Waals surface area (Å²) >= 11 is 3.15. The third kappa shape index (κ3) is 72.3. The molecule has 0 unspecified atom stereocenters. The SMILES string of the molecule is C.C.CCBr.CCOC(C)=O. The summed E-state index contributed by atoms with van der Waals surface area (Å²) in [5.41, 5.74) is 0. The largest absolute Gasteiger partial charge is 0.466 e. The standard InChI is InChI=1S/C4H8O2.C2H5Br.2CH4/c1-3-6-4(2)5;1-2-3;;/h3H2,1-2H3;2H2,1H3;2*1H4. The van der Waals surface area contributed by atoms with E-state index in [1.54, 1.807) is 6.92 Å². The predicted molar refractivity (Wildman–Crippen MR) is 55.2 cm³/mol. The number of hydrogen-bond donors (Lipinski definition) is 0. The van der Waals surface area contributed by atoms with E-state index in [1.807, 2.05) is 6.92 Å². The Bertz CT molecular complexity index is 65.1. The first-order valence-electron chi connectivity index (χ1n) is 2.88. The Kier molecular flexibility index (Phi) is 45.9. The number of rotatable bonds is 1. The van der Waals surface area contributed by atoms with Crippen molar-refractivity contribution in [3.8, 4) is 0 Å². The molecule has 0 saturated carbocycles. The van der Waals surface area contributed by atoms with E-state index in [2.05, 4.69) is 20.7 Å². The molecule has 3 heteroatoms. The molecule has 0 aromatic rings. The molecule has 0 aromatic carbocycles. The van der Waals surface area contributed by atoms with Crippen molar-refractivity contribution in [3.63, 3.8) is 0 Å². The van der Waals surface area contributed by atoms with Crippen LogP contribution in [-0.4, -0.2) is 17.9 Å². The minimum atomic E-state index is -0.211. The molecule has 0 atom stereocenters. The molecule has 0 fully saturated rings. The molecule has 0 aliphatic carbocycles. The third-order valence-electron chi connectivity index (χ3n) is 0.348. The van der Waals surface area contributed by atoms with Crippen molar-refractivity contribution >= 4 is 21.9 Å². The molecule has 0 spiro atoms. The Labute approximate surface area is 79.5 Å². The normalized spacial score (nSPS) is 5.82. The number of hydrogen-bond acceptors (Lipinski definition) is 2. The fourth-order valence-corrected chi connectivity index (χ4v) is 0.203. The van der Waals surface area contributed by atoms with Gasteiger partial charge in [-0.25, -0.2) is 0 Å². The van der Waals surface area contributed by atoms with E-state index in [-0.39, 0.29) is 20.8 Å². The van der Waals surface area contributed by atoms with Crippen LogP contribution in [0, 0.1) is 0 Å². The minimum absolute atomic E-state index is 0. The Hall–Kier alpha value is -0.0500. The molecule has 0 radical (unpaired) electrons. The zero-order valence-electron chi connectivity index (χ0n) is 6.11. The fourth-order valence-electron chi connectivity index (χ4n) is 0.203.